The molecule has 1 aromatic carbocycles. The Morgan fingerprint density at radius 1 is 1.35 bits per heavy atom. The van der Waals surface area contributed by atoms with Crippen molar-refractivity contribution in [2.75, 3.05) is 7.11 Å². The molecule has 0 unspecified atom stereocenters. The fourth-order valence-corrected chi connectivity index (χ4v) is 1.98. The van der Waals surface area contributed by atoms with Crippen LogP contribution in [-0.4, -0.2) is 16.7 Å². The van der Waals surface area contributed by atoms with Crippen molar-refractivity contribution in [1.29, 1.82) is 0 Å². The van der Waals surface area contributed by atoms with Crippen molar-refractivity contribution in [3.63, 3.8) is 0 Å². The lowest BCUT2D eigenvalue weighted by Crippen LogP contribution is -2.18. The minimum absolute atomic E-state index is 0.280. The molecule has 0 radical (unpaired) electrons. The summed E-state index contributed by atoms with van der Waals surface area (Å²) >= 11 is 1.37. The van der Waals surface area contributed by atoms with E-state index in [0.29, 0.717) is 0 Å². The van der Waals surface area contributed by atoms with Gasteiger partial charge in [-0.05, 0) is 36.2 Å². The van der Waals surface area contributed by atoms with Gasteiger partial charge in [0.1, 0.15) is 5.75 Å². The van der Waals surface area contributed by atoms with Crippen molar-refractivity contribution in [3.05, 3.63) is 40.9 Å². The van der Waals surface area contributed by atoms with Crippen molar-refractivity contribution in [2.45, 2.75) is 19.5 Å². The van der Waals surface area contributed by atoms with Gasteiger partial charge in [-0.2, -0.15) is 0 Å². The van der Waals surface area contributed by atoms with Crippen LogP contribution < -0.4 is 10.1 Å². The Hall–Kier alpha value is -1.46. The minimum atomic E-state index is 0.280. The van der Waals surface area contributed by atoms with Gasteiger partial charge >= 0.3 is 0 Å². The van der Waals surface area contributed by atoms with Crippen LogP contribution in [0.2, 0.25) is 0 Å². The standard InChI is InChI=1S/C12H15N3OS/c1-9(13-7-11-8-17-15-14-11)10-3-5-12(16-2)6-4-10/h3-6,8-9,13H,7H2,1-2H3/t9-/m0/s1. The fourth-order valence-electron chi connectivity index (χ4n) is 1.53. The zero-order chi connectivity index (χ0) is 12.1. The summed E-state index contributed by atoms with van der Waals surface area (Å²) in [5.41, 5.74) is 2.21. The van der Waals surface area contributed by atoms with E-state index in [1.54, 1.807) is 7.11 Å². The summed E-state index contributed by atoms with van der Waals surface area (Å²) in [6, 6.07) is 8.35. The molecule has 0 bridgehead atoms. The molecule has 0 saturated heterocycles. The molecule has 0 saturated carbocycles. The summed E-state index contributed by atoms with van der Waals surface area (Å²) in [6.07, 6.45) is 0. The molecular weight excluding hydrogens is 234 g/mol. The molecular formula is C12H15N3OS. The Morgan fingerprint density at radius 3 is 2.71 bits per heavy atom. The highest BCUT2D eigenvalue weighted by Crippen LogP contribution is 2.17. The average Bonchev–Trinajstić information content (AvgIpc) is 2.89. The monoisotopic (exact) mass is 249 g/mol. The van der Waals surface area contributed by atoms with Crippen molar-refractivity contribution in [2.24, 2.45) is 0 Å². The van der Waals surface area contributed by atoms with E-state index >= 15 is 0 Å². The number of nitrogens with zero attached hydrogens (tertiary/aromatic N) is 2. The molecule has 0 spiro atoms. The van der Waals surface area contributed by atoms with Crippen LogP contribution in [-0.2, 0) is 6.54 Å². The molecule has 1 heterocycles. The van der Waals surface area contributed by atoms with Gasteiger partial charge in [0, 0.05) is 18.0 Å². The maximum Gasteiger partial charge on any atom is 0.118 e. The molecule has 5 heteroatoms. The SMILES string of the molecule is COc1ccc([C@H](C)NCc2csnn2)cc1. The Morgan fingerprint density at radius 2 is 2.12 bits per heavy atom. The molecule has 1 N–H and O–H groups in total. The predicted molar refractivity (Wildman–Crippen MR) is 68.2 cm³/mol. The molecule has 17 heavy (non-hydrogen) atoms. The van der Waals surface area contributed by atoms with E-state index in [0.717, 1.165) is 18.0 Å². The molecule has 1 aromatic heterocycles. The van der Waals surface area contributed by atoms with Crippen LogP contribution >= 0.6 is 11.5 Å². The van der Waals surface area contributed by atoms with Gasteiger partial charge in [0.05, 0.1) is 12.8 Å². The molecule has 1 atom stereocenters. The average molecular weight is 249 g/mol. The number of hydrogen-bond donors (Lipinski definition) is 1. The van der Waals surface area contributed by atoms with E-state index in [1.807, 2.05) is 17.5 Å². The quantitative estimate of drug-likeness (QED) is 0.884. The van der Waals surface area contributed by atoms with Crippen molar-refractivity contribution in [1.82, 2.24) is 14.9 Å². The normalized spacial score (nSPS) is 12.4. The molecule has 0 amide bonds. The van der Waals surface area contributed by atoms with Gasteiger partial charge in [0.2, 0.25) is 0 Å². The number of benzene rings is 1. The Balaban J connectivity index is 1.92. The lowest BCUT2D eigenvalue weighted by molar-refractivity contribution is 0.414. The maximum absolute atomic E-state index is 5.13. The maximum atomic E-state index is 5.13. The topological polar surface area (TPSA) is 47.0 Å². The molecule has 0 aliphatic heterocycles. The van der Waals surface area contributed by atoms with Crippen LogP contribution in [0.3, 0.4) is 0 Å². The van der Waals surface area contributed by atoms with Crippen LogP contribution in [0.1, 0.15) is 24.2 Å². The van der Waals surface area contributed by atoms with E-state index < -0.39 is 0 Å². The Bertz CT molecular complexity index is 441. The number of ether oxygens (including phenoxy) is 1. The second-order valence-electron chi connectivity index (χ2n) is 3.77. The summed E-state index contributed by atoms with van der Waals surface area (Å²) in [5, 5.41) is 9.35. The van der Waals surface area contributed by atoms with Crippen LogP contribution in [0.25, 0.3) is 0 Å². The second-order valence-corrected chi connectivity index (χ2v) is 4.38. The number of hydrogen-bond acceptors (Lipinski definition) is 5. The first-order valence-corrected chi connectivity index (χ1v) is 6.26. The van der Waals surface area contributed by atoms with Crippen molar-refractivity contribution >= 4 is 11.5 Å². The third kappa shape index (κ3) is 3.25. The van der Waals surface area contributed by atoms with Crippen LogP contribution in [0.15, 0.2) is 29.6 Å². The molecule has 4 nitrogen and oxygen atoms in total. The summed E-state index contributed by atoms with van der Waals surface area (Å²) in [4.78, 5) is 0. The lowest BCUT2D eigenvalue weighted by atomic mass is 10.1. The van der Waals surface area contributed by atoms with Gasteiger partial charge in [-0.15, -0.1) is 5.10 Å². The highest BCUT2D eigenvalue weighted by molar-refractivity contribution is 7.03. The van der Waals surface area contributed by atoms with E-state index in [1.165, 1.54) is 17.1 Å². The van der Waals surface area contributed by atoms with Gasteiger partial charge in [0.25, 0.3) is 0 Å². The van der Waals surface area contributed by atoms with E-state index in [-0.39, 0.29) is 6.04 Å². The lowest BCUT2D eigenvalue weighted by Gasteiger charge is -2.13. The summed E-state index contributed by atoms with van der Waals surface area (Å²) in [6.45, 7) is 2.87. The van der Waals surface area contributed by atoms with Crippen LogP contribution in [0, 0.1) is 0 Å². The Kier molecular flexibility index (Phi) is 4.06. The van der Waals surface area contributed by atoms with E-state index in [4.69, 9.17) is 4.74 Å². The molecule has 0 aliphatic rings. The summed E-state index contributed by atoms with van der Waals surface area (Å²) < 4.78 is 8.96. The van der Waals surface area contributed by atoms with E-state index in [9.17, 15) is 0 Å². The number of nitrogens with one attached hydrogen (secondary N) is 1. The predicted octanol–water partition coefficient (Wildman–Crippen LogP) is 2.40. The largest absolute Gasteiger partial charge is 0.497 e. The van der Waals surface area contributed by atoms with Gasteiger partial charge in [-0.3, -0.25) is 0 Å². The van der Waals surface area contributed by atoms with Crippen LogP contribution in [0.4, 0.5) is 0 Å². The summed E-state index contributed by atoms with van der Waals surface area (Å²) in [7, 11) is 1.67. The number of aromatic nitrogens is 2. The molecule has 0 fully saturated rings. The molecule has 0 aliphatic carbocycles. The Labute approximate surface area is 105 Å². The smallest absolute Gasteiger partial charge is 0.118 e. The van der Waals surface area contributed by atoms with Gasteiger partial charge < -0.3 is 10.1 Å². The highest BCUT2D eigenvalue weighted by Gasteiger charge is 2.05. The van der Waals surface area contributed by atoms with Gasteiger partial charge in [-0.1, -0.05) is 16.6 Å². The highest BCUT2D eigenvalue weighted by atomic mass is 32.1. The third-order valence-electron chi connectivity index (χ3n) is 2.61. The zero-order valence-electron chi connectivity index (χ0n) is 9.88. The van der Waals surface area contributed by atoms with Crippen LogP contribution in [0.5, 0.6) is 5.75 Å². The molecule has 2 rings (SSSR count). The first kappa shape index (κ1) is 12.0. The van der Waals surface area contributed by atoms with Crippen molar-refractivity contribution < 1.29 is 4.74 Å². The second kappa shape index (κ2) is 5.75. The fraction of sp³-hybridized carbons (Fsp3) is 0.333. The molecule has 2 aromatic rings. The summed E-state index contributed by atoms with van der Waals surface area (Å²) in [5.74, 6) is 0.879. The number of methoxy groups -OCH3 is 1. The first-order valence-electron chi connectivity index (χ1n) is 5.43. The van der Waals surface area contributed by atoms with Crippen molar-refractivity contribution in [3.8, 4) is 5.75 Å². The number of rotatable bonds is 5. The molecule has 90 valence electrons. The van der Waals surface area contributed by atoms with Gasteiger partial charge in [-0.25, -0.2) is 0 Å². The van der Waals surface area contributed by atoms with Gasteiger partial charge in [0.15, 0.2) is 0 Å². The first-order chi connectivity index (χ1) is 8.29. The zero-order valence-corrected chi connectivity index (χ0v) is 10.7. The van der Waals surface area contributed by atoms with E-state index in [2.05, 4.69) is 34.0 Å². The minimum Gasteiger partial charge on any atom is -0.497 e. The third-order valence-corrected chi connectivity index (χ3v) is 3.16.